The van der Waals surface area contributed by atoms with Crippen LogP contribution in [-0.2, 0) is 12.8 Å². The molecular formula is C30H22N2O2. The zero-order chi connectivity index (χ0) is 23.1. The lowest BCUT2D eigenvalue weighted by Gasteiger charge is -2.08. The molecule has 164 valence electrons. The molecule has 1 aliphatic carbocycles. The molecule has 0 bridgehead atoms. The third-order valence-corrected chi connectivity index (χ3v) is 6.39. The van der Waals surface area contributed by atoms with E-state index in [1.54, 1.807) is 12.1 Å². The molecular weight excluding hydrogens is 420 g/mol. The van der Waals surface area contributed by atoms with Crippen LogP contribution in [0.4, 0.5) is 11.4 Å². The van der Waals surface area contributed by atoms with E-state index in [0.717, 1.165) is 52.2 Å². The summed E-state index contributed by atoms with van der Waals surface area (Å²) in [6.07, 6.45) is 5.88. The van der Waals surface area contributed by atoms with Crippen LogP contribution in [-0.4, -0.2) is 16.7 Å². The van der Waals surface area contributed by atoms with Gasteiger partial charge in [-0.05, 0) is 88.3 Å². The summed E-state index contributed by atoms with van der Waals surface area (Å²) in [6.45, 7) is 0. The first kappa shape index (κ1) is 20.2. The number of phenolic OH excluding ortho intramolecular Hbond substituents is 1. The molecule has 2 aliphatic rings. The molecule has 0 saturated carbocycles. The molecule has 6 rings (SSSR count). The summed E-state index contributed by atoms with van der Waals surface area (Å²) in [5.74, 6) is 0.136. The van der Waals surface area contributed by atoms with Crippen molar-refractivity contribution in [3.8, 4) is 16.9 Å². The average molecular weight is 443 g/mol. The highest BCUT2D eigenvalue weighted by Gasteiger charge is 2.18. The summed E-state index contributed by atoms with van der Waals surface area (Å²) in [6, 6.07) is 27.1. The van der Waals surface area contributed by atoms with Crippen LogP contribution >= 0.6 is 0 Å². The van der Waals surface area contributed by atoms with E-state index in [2.05, 4.69) is 23.5 Å². The normalized spacial score (nSPS) is 13.4. The highest BCUT2D eigenvalue weighted by atomic mass is 16.3. The van der Waals surface area contributed by atoms with Crippen molar-refractivity contribution in [3.63, 3.8) is 0 Å². The number of fused-ring (bicyclic) bond motifs is 2. The second-order valence-corrected chi connectivity index (χ2v) is 8.68. The molecule has 4 nitrogen and oxygen atoms in total. The van der Waals surface area contributed by atoms with Crippen molar-refractivity contribution in [2.75, 3.05) is 5.32 Å². The van der Waals surface area contributed by atoms with Gasteiger partial charge in [-0.2, -0.15) is 0 Å². The molecule has 0 spiro atoms. The summed E-state index contributed by atoms with van der Waals surface area (Å²) in [5, 5.41) is 12.8. The minimum Gasteiger partial charge on any atom is -0.508 e. The highest BCUT2D eigenvalue weighted by molar-refractivity contribution is 6.08. The van der Waals surface area contributed by atoms with Crippen LogP contribution in [0.5, 0.6) is 5.75 Å². The van der Waals surface area contributed by atoms with Gasteiger partial charge in [-0.25, -0.2) is 0 Å². The average Bonchev–Trinajstić information content (AvgIpc) is 3.50. The fourth-order valence-electron chi connectivity index (χ4n) is 4.59. The van der Waals surface area contributed by atoms with Crippen LogP contribution in [0.15, 0.2) is 96.0 Å². The van der Waals surface area contributed by atoms with Gasteiger partial charge in [0, 0.05) is 17.7 Å². The fourth-order valence-corrected chi connectivity index (χ4v) is 4.59. The first-order valence-corrected chi connectivity index (χ1v) is 11.3. The lowest BCUT2D eigenvalue weighted by Crippen LogP contribution is -2.12. The lowest BCUT2D eigenvalue weighted by molar-refractivity contribution is 0.102. The van der Waals surface area contributed by atoms with E-state index in [1.165, 1.54) is 11.1 Å². The van der Waals surface area contributed by atoms with Gasteiger partial charge in [-0.1, -0.05) is 48.6 Å². The molecule has 0 aromatic heterocycles. The van der Waals surface area contributed by atoms with E-state index < -0.39 is 0 Å². The molecule has 4 aromatic rings. The van der Waals surface area contributed by atoms with Gasteiger partial charge in [0.2, 0.25) is 0 Å². The van der Waals surface area contributed by atoms with Crippen molar-refractivity contribution in [2.24, 2.45) is 4.99 Å². The Morgan fingerprint density at radius 3 is 2.50 bits per heavy atom. The molecule has 1 aliphatic heterocycles. The molecule has 0 saturated heterocycles. The second-order valence-electron chi connectivity index (χ2n) is 8.68. The first-order chi connectivity index (χ1) is 16.6. The Balaban J connectivity index is 1.16. The van der Waals surface area contributed by atoms with Crippen molar-refractivity contribution in [2.45, 2.75) is 12.8 Å². The number of carbonyl (C=O) groups excluding carboxylic acids is 1. The Kier molecular flexibility index (Phi) is 4.84. The topological polar surface area (TPSA) is 61.7 Å². The zero-order valence-electron chi connectivity index (χ0n) is 18.5. The minimum atomic E-state index is -0.121. The summed E-state index contributed by atoms with van der Waals surface area (Å²) in [5.41, 5.74) is 10.0. The summed E-state index contributed by atoms with van der Waals surface area (Å²) < 4.78 is 0. The maximum Gasteiger partial charge on any atom is 0.255 e. The number of hydrogen-bond acceptors (Lipinski definition) is 3. The lowest BCUT2D eigenvalue weighted by atomic mass is 9.98. The number of aromatic hydroxyl groups is 1. The molecule has 0 unspecified atom stereocenters. The molecule has 4 aromatic carbocycles. The first-order valence-electron chi connectivity index (χ1n) is 11.3. The monoisotopic (exact) mass is 442 g/mol. The molecule has 2 N–H and O–H groups in total. The van der Waals surface area contributed by atoms with Crippen molar-refractivity contribution in [1.29, 1.82) is 0 Å². The van der Waals surface area contributed by atoms with Gasteiger partial charge in [0.05, 0.1) is 11.4 Å². The third kappa shape index (κ3) is 3.80. The van der Waals surface area contributed by atoms with E-state index in [1.807, 2.05) is 66.7 Å². The second kappa shape index (κ2) is 8.16. The van der Waals surface area contributed by atoms with Crippen LogP contribution in [0.25, 0.3) is 17.2 Å². The molecule has 4 heteroatoms. The largest absolute Gasteiger partial charge is 0.508 e. The summed E-state index contributed by atoms with van der Waals surface area (Å²) in [4.78, 5) is 17.6. The number of nitrogens with one attached hydrogen (secondary N) is 1. The van der Waals surface area contributed by atoms with Crippen LogP contribution < -0.4 is 5.32 Å². The predicted molar refractivity (Wildman–Crippen MR) is 137 cm³/mol. The van der Waals surface area contributed by atoms with E-state index in [4.69, 9.17) is 4.99 Å². The van der Waals surface area contributed by atoms with E-state index >= 15 is 0 Å². The highest BCUT2D eigenvalue weighted by Crippen LogP contribution is 2.34. The number of hydrogen-bond donors (Lipinski definition) is 2. The maximum absolute atomic E-state index is 12.7. The quantitative estimate of drug-likeness (QED) is 0.376. The molecule has 34 heavy (non-hydrogen) atoms. The Hall–Kier alpha value is -4.44. The van der Waals surface area contributed by atoms with Crippen molar-refractivity contribution in [1.82, 2.24) is 0 Å². The van der Waals surface area contributed by atoms with Crippen LogP contribution in [0.3, 0.4) is 0 Å². The number of allylic oxidation sites excluding steroid dienone is 1. The van der Waals surface area contributed by atoms with E-state index in [0.29, 0.717) is 5.56 Å². The minimum absolute atomic E-state index is 0.121. The van der Waals surface area contributed by atoms with Crippen molar-refractivity contribution < 1.29 is 9.90 Å². The van der Waals surface area contributed by atoms with Crippen LogP contribution in [0, 0.1) is 0 Å². The molecule has 1 heterocycles. The summed E-state index contributed by atoms with van der Waals surface area (Å²) in [7, 11) is 0. The van der Waals surface area contributed by atoms with Crippen LogP contribution in [0.1, 0.15) is 32.6 Å². The Morgan fingerprint density at radius 1 is 0.824 bits per heavy atom. The molecule has 0 fully saturated rings. The number of aliphatic imine (C=N–C) groups is 1. The number of rotatable bonds is 4. The summed E-state index contributed by atoms with van der Waals surface area (Å²) >= 11 is 0. The molecule has 0 atom stereocenters. The van der Waals surface area contributed by atoms with Gasteiger partial charge < -0.3 is 10.4 Å². The third-order valence-electron chi connectivity index (χ3n) is 6.39. The molecule has 1 amide bonds. The van der Waals surface area contributed by atoms with Crippen LogP contribution in [0.2, 0.25) is 0 Å². The standard InChI is InChI=1S/C30H22N2O2/c33-27-6-2-5-23(17-27)24-12-14-28-25(15-24)18-29(32-28)20-7-9-21(10-8-20)30(34)31-26-13-11-19-3-1-4-22(19)16-26/h1-3,5-17,33H,4,18H2,(H,31,34). The van der Waals surface area contributed by atoms with Gasteiger partial charge in [-0.3, -0.25) is 9.79 Å². The van der Waals surface area contributed by atoms with E-state index in [9.17, 15) is 9.90 Å². The van der Waals surface area contributed by atoms with Gasteiger partial charge in [0.15, 0.2) is 0 Å². The number of nitrogens with zero attached hydrogens (tertiary/aromatic N) is 1. The Labute approximate surface area is 197 Å². The molecule has 0 radical (unpaired) electrons. The number of carbonyl (C=O) groups is 1. The van der Waals surface area contributed by atoms with Crippen molar-refractivity contribution >= 4 is 29.1 Å². The SMILES string of the molecule is O=C(Nc1ccc2c(c1)CC=C2)c1ccc(C2=Nc3ccc(-c4cccc(O)c4)cc3C2)cc1. The van der Waals surface area contributed by atoms with Gasteiger partial charge >= 0.3 is 0 Å². The van der Waals surface area contributed by atoms with E-state index in [-0.39, 0.29) is 11.7 Å². The van der Waals surface area contributed by atoms with Gasteiger partial charge in [0.25, 0.3) is 5.91 Å². The van der Waals surface area contributed by atoms with Gasteiger partial charge in [-0.15, -0.1) is 0 Å². The van der Waals surface area contributed by atoms with Crippen molar-refractivity contribution in [3.05, 3.63) is 119 Å². The predicted octanol–water partition coefficient (Wildman–Crippen LogP) is 6.56. The number of anilines is 1. The Bertz CT molecular complexity index is 1500. The zero-order valence-corrected chi connectivity index (χ0v) is 18.5. The smallest absolute Gasteiger partial charge is 0.255 e. The number of amides is 1. The number of benzene rings is 4. The Morgan fingerprint density at radius 2 is 1.65 bits per heavy atom. The fraction of sp³-hybridized carbons (Fsp3) is 0.0667. The maximum atomic E-state index is 12.7. The number of phenols is 1. The van der Waals surface area contributed by atoms with Gasteiger partial charge in [0.1, 0.15) is 5.75 Å².